The zero-order valence-corrected chi connectivity index (χ0v) is 15.8. The van der Waals surface area contributed by atoms with Gasteiger partial charge >= 0.3 is 0 Å². The van der Waals surface area contributed by atoms with Crippen LogP contribution in [0.4, 0.5) is 4.39 Å². The van der Waals surface area contributed by atoms with Crippen LogP contribution in [0.1, 0.15) is 12.0 Å². The van der Waals surface area contributed by atoms with E-state index in [1.807, 2.05) is 17.0 Å². The highest BCUT2D eigenvalue weighted by atomic mass is 35.5. The number of morpholine rings is 1. The summed E-state index contributed by atoms with van der Waals surface area (Å²) in [4.78, 5) is 16.8. The Morgan fingerprint density at radius 1 is 1.16 bits per heavy atom. The van der Waals surface area contributed by atoms with Gasteiger partial charge in [-0.15, -0.1) is 24.8 Å². The Balaban J connectivity index is 0.00000156. The molecule has 1 aromatic rings. The number of benzene rings is 1. The van der Waals surface area contributed by atoms with Crippen molar-refractivity contribution in [2.75, 3.05) is 45.9 Å². The molecule has 1 unspecified atom stereocenters. The van der Waals surface area contributed by atoms with Crippen LogP contribution in [0.25, 0.3) is 0 Å². The van der Waals surface area contributed by atoms with Gasteiger partial charge in [0.1, 0.15) is 11.9 Å². The summed E-state index contributed by atoms with van der Waals surface area (Å²) in [5.74, 6) is -0.0584. The molecule has 5 nitrogen and oxygen atoms in total. The number of nitrogens with zero attached hydrogens (tertiary/aromatic N) is 2. The van der Waals surface area contributed by atoms with E-state index in [1.165, 1.54) is 12.1 Å². The molecule has 2 aliphatic heterocycles. The second-order valence-electron chi connectivity index (χ2n) is 6.16. The van der Waals surface area contributed by atoms with E-state index in [0.717, 1.165) is 51.3 Å². The van der Waals surface area contributed by atoms with E-state index in [-0.39, 0.29) is 42.6 Å². The molecule has 0 aliphatic carbocycles. The molecule has 1 amide bonds. The monoisotopic (exact) mass is 393 g/mol. The Kier molecular flexibility index (Phi) is 9.67. The normalized spacial score (nSPS) is 21.6. The van der Waals surface area contributed by atoms with E-state index in [0.29, 0.717) is 13.2 Å². The fourth-order valence-corrected chi connectivity index (χ4v) is 3.14. The number of ether oxygens (including phenoxy) is 1. The lowest BCUT2D eigenvalue weighted by atomic mass is 10.2. The minimum Gasteiger partial charge on any atom is -0.378 e. The molecular weight excluding hydrogens is 368 g/mol. The van der Waals surface area contributed by atoms with Crippen molar-refractivity contribution < 1.29 is 13.9 Å². The van der Waals surface area contributed by atoms with Gasteiger partial charge in [-0.05, 0) is 24.1 Å². The maximum absolute atomic E-state index is 13.0. The number of nitrogens with one attached hydrogen (secondary N) is 1. The summed E-state index contributed by atoms with van der Waals surface area (Å²) in [5.41, 5.74) is 1.11. The Hall–Kier alpha value is -0.920. The van der Waals surface area contributed by atoms with Crippen molar-refractivity contribution in [2.45, 2.75) is 19.0 Å². The third kappa shape index (κ3) is 6.38. The zero-order chi connectivity index (χ0) is 16.1. The first kappa shape index (κ1) is 22.1. The molecule has 1 aromatic carbocycles. The smallest absolute Gasteiger partial charge is 0.242 e. The van der Waals surface area contributed by atoms with Crippen LogP contribution < -0.4 is 5.32 Å². The van der Waals surface area contributed by atoms with Gasteiger partial charge in [0, 0.05) is 39.3 Å². The van der Waals surface area contributed by atoms with Crippen LogP contribution >= 0.6 is 24.8 Å². The number of hydrogen-bond acceptors (Lipinski definition) is 4. The Labute approximate surface area is 160 Å². The lowest BCUT2D eigenvalue weighted by Crippen LogP contribution is -2.53. The van der Waals surface area contributed by atoms with Crippen molar-refractivity contribution in [3.63, 3.8) is 0 Å². The van der Waals surface area contributed by atoms with Crippen molar-refractivity contribution in [1.29, 1.82) is 0 Å². The van der Waals surface area contributed by atoms with Crippen LogP contribution in [-0.4, -0.2) is 67.7 Å². The molecule has 0 saturated carbocycles. The van der Waals surface area contributed by atoms with Gasteiger partial charge in [0.15, 0.2) is 0 Å². The van der Waals surface area contributed by atoms with Crippen LogP contribution in [0.15, 0.2) is 24.3 Å². The molecule has 1 N–H and O–H groups in total. The molecule has 142 valence electrons. The Morgan fingerprint density at radius 3 is 2.60 bits per heavy atom. The van der Waals surface area contributed by atoms with Gasteiger partial charge in [0.2, 0.25) is 5.91 Å². The second kappa shape index (κ2) is 10.9. The zero-order valence-electron chi connectivity index (χ0n) is 14.2. The first-order valence-corrected chi connectivity index (χ1v) is 8.29. The molecule has 0 bridgehead atoms. The van der Waals surface area contributed by atoms with Gasteiger partial charge < -0.3 is 15.0 Å². The van der Waals surface area contributed by atoms with E-state index in [9.17, 15) is 9.18 Å². The molecular formula is C17H26Cl2FN3O2. The molecule has 25 heavy (non-hydrogen) atoms. The summed E-state index contributed by atoms with van der Waals surface area (Å²) in [6, 6.07) is 6.45. The van der Waals surface area contributed by atoms with Gasteiger partial charge in [-0.2, -0.15) is 0 Å². The fourth-order valence-electron chi connectivity index (χ4n) is 3.14. The van der Waals surface area contributed by atoms with E-state index in [4.69, 9.17) is 4.74 Å². The van der Waals surface area contributed by atoms with E-state index < -0.39 is 0 Å². The number of hydrogen-bond donors (Lipinski definition) is 1. The van der Waals surface area contributed by atoms with Crippen LogP contribution in [-0.2, 0) is 16.1 Å². The SMILES string of the molecule is Cl.Cl.O=C(C1COCCN1)N1CCCN(Cc2ccc(F)cc2)CC1. The summed E-state index contributed by atoms with van der Waals surface area (Å²) < 4.78 is 18.4. The van der Waals surface area contributed by atoms with E-state index >= 15 is 0 Å². The van der Waals surface area contributed by atoms with E-state index in [1.54, 1.807) is 0 Å². The van der Waals surface area contributed by atoms with Crippen LogP contribution in [0, 0.1) is 5.82 Å². The third-order valence-electron chi connectivity index (χ3n) is 4.44. The van der Waals surface area contributed by atoms with Crippen molar-refractivity contribution >= 4 is 30.7 Å². The average molecular weight is 394 g/mol. The second-order valence-corrected chi connectivity index (χ2v) is 6.16. The minimum absolute atomic E-state index is 0. The van der Waals surface area contributed by atoms with Crippen LogP contribution in [0.3, 0.4) is 0 Å². The highest BCUT2D eigenvalue weighted by Crippen LogP contribution is 2.11. The summed E-state index contributed by atoms with van der Waals surface area (Å²) in [6.07, 6.45) is 0.959. The Morgan fingerprint density at radius 2 is 1.92 bits per heavy atom. The number of carbonyl (C=O) groups excluding carboxylic acids is 1. The van der Waals surface area contributed by atoms with Gasteiger partial charge in [-0.1, -0.05) is 12.1 Å². The average Bonchev–Trinajstić information content (AvgIpc) is 2.83. The minimum atomic E-state index is -0.205. The summed E-state index contributed by atoms with van der Waals surface area (Å²) >= 11 is 0. The summed E-state index contributed by atoms with van der Waals surface area (Å²) in [5, 5.41) is 3.23. The third-order valence-corrected chi connectivity index (χ3v) is 4.44. The molecule has 8 heteroatoms. The first-order valence-electron chi connectivity index (χ1n) is 8.29. The van der Waals surface area contributed by atoms with Gasteiger partial charge in [-0.3, -0.25) is 9.69 Å². The predicted octanol–water partition coefficient (Wildman–Crippen LogP) is 1.69. The van der Waals surface area contributed by atoms with Crippen LogP contribution in [0.5, 0.6) is 0 Å². The van der Waals surface area contributed by atoms with Gasteiger partial charge in [0.05, 0.1) is 13.2 Å². The highest BCUT2D eigenvalue weighted by molar-refractivity contribution is 5.85. The molecule has 0 radical (unpaired) electrons. The van der Waals surface area contributed by atoms with Crippen molar-refractivity contribution in [3.8, 4) is 0 Å². The van der Waals surface area contributed by atoms with Gasteiger partial charge in [0.25, 0.3) is 0 Å². The van der Waals surface area contributed by atoms with Crippen molar-refractivity contribution in [1.82, 2.24) is 15.1 Å². The lowest BCUT2D eigenvalue weighted by molar-refractivity contribution is -0.136. The molecule has 2 saturated heterocycles. The van der Waals surface area contributed by atoms with Crippen molar-refractivity contribution in [2.24, 2.45) is 0 Å². The van der Waals surface area contributed by atoms with Crippen molar-refractivity contribution in [3.05, 3.63) is 35.6 Å². The fraction of sp³-hybridized carbons (Fsp3) is 0.588. The number of halogens is 3. The first-order chi connectivity index (χ1) is 11.2. The summed E-state index contributed by atoms with van der Waals surface area (Å²) in [6.45, 7) is 6.00. The molecule has 1 atom stereocenters. The maximum Gasteiger partial charge on any atom is 0.242 e. The lowest BCUT2D eigenvalue weighted by Gasteiger charge is -2.29. The maximum atomic E-state index is 13.0. The van der Waals surface area contributed by atoms with Crippen LogP contribution in [0.2, 0.25) is 0 Å². The Bertz CT molecular complexity index is 527. The standard InChI is InChI=1S/C17H24FN3O2.2ClH/c18-15-4-2-14(3-5-15)12-20-7-1-8-21(10-9-20)17(22)16-13-23-11-6-19-16;;/h2-5,16,19H,1,6-13H2;2*1H. The van der Waals surface area contributed by atoms with Gasteiger partial charge in [-0.25, -0.2) is 4.39 Å². The topological polar surface area (TPSA) is 44.8 Å². The molecule has 2 fully saturated rings. The highest BCUT2D eigenvalue weighted by Gasteiger charge is 2.27. The number of amides is 1. The molecule has 2 aliphatic rings. The molecule has 0 aromatic heterocycles. The molecule has 3 rings (SSSR count). The molecule has 0 spiro atoms. The molecule has 2 heterocycles. The summed E-state index contributed by atoms with van der Waals surface area (Å²) in [7, 11) is 0. The number of rotatable bonds is 3. The van der Waals surface area contributed by atoms with E-state index in [2.05, 4.69) is 10.2 Å². The largest absolute Gasteiger partial charge is 0.378 e. The number of carbonyl (C=O) groups is 1. The predicted molar refractivity (Wildman–Crippen MR) is 100.0 cm³/mol. The quantitative estimate of drug-likeness (QED) is 0.848.